The Bertz CT molecular complexity index is 1780. The summed E-state index contributed by atoms with van der Waals surface area (Å²) in [6, 6.07) is 11.2. The van der Waals surface area contributed by atoms with Gasteiger partial charge >= 0.3 is 5.97 Å². The second-order valence-corrected chi connectivity index (χ2v) is 9.82. The second-order valence-electron chi connectivity index (χ2n) is 9.82. The smallest absolute Gasteiger partial charge is 0.330 e. The van der Waals surface area contributed by atoms with E-state index in [4.69, 9.17) is 18.6 Å². The molecule has 3 aromatic carbocycles. The molecular weight excluding hydrogens is 584 g/mol. The number of hydrogen-bond acceptors (Lipinski definition) is 14. The summed E-state index contributed by atoms with van der Waals surface area (Å²) in [6.45, 7) is -0.633. The number of hydrogen-bond donors (Lipinski definition) is 8. The molecule has 14 heteroatoms. The van der Waals surface area contributed by atoms with Gasteiger partial charge in [-0.3, -0.25) is 4.79 Å². The first kappa shape index (κ1) is 30.2. The average molecular weight is 611 g/mol. The SMILES string of the molecule is O=C(C=Cc1ccc(O)c(O)c1)OC[C@H]1O[C@H](Oc2c(-c3ccc(O)cc3)oc3cc(O)cc(O)c3c2=O)[C@H](O)[C@@H](O)[C@@H]1O. The molecule has 44 heavy (non-hydrogen) atoms. The number of benzene rings is 3. The van der Waals surface area contributed by atoms with Gasteiger partial charge in [0.15, 0.2) is 17.3 Å². The van der Waals surface area contributed by atoms with Crippen molar-refractivity contribution >= 4 is 23.0 Å². The first-order valence-electron chi connectivity index (χ1n) is 13.0. The van der Waals surface area contributed by atoms with Gasteiger partial charge in [0.1, 0.15) is 59.2 Å². The van der Waals surface area contributed by atoms with Crippen molar-refractivity contribution < 1.29 is 64.3 Å². The zero-order valence-corrected chi connectivity index (χ0v) is 22.5. The molecule has 1 aliphatic rings. The number of rotatable bonds is 7. The Balaban J connectivity index is 1.41. The number of aliphatic hydroxyl groups excluding tert-OH is 3. The third-order valence-electron chi connectivity index (χ3n) is 6.75. The van der Waals surface area contributed by atoms with E-state index in [2.05, 4.69) is 0 Å². The molecule has 0 bridgehead atoms. The van der Waals surface area contributed by atoms with Crippen molar-refractivity contribution in [3.63, 3.8) is 0 Å². The Labute approximate surface area is 247 Å². The van der Waals surface area contributed by atoms with E-state index in [9.17, 15) is 50.4 Å². The Morgan fingerprint density at radius 2 is 1.55 bits per heavy atom. The van der Waals surface area contributed by atoms with E-state index in [0.29, 0.717) is 5.56 Å². The van der Waals surface area contributed by atoms with Crippen LogP contribution in [0, 0.1) is 0 Å². The monoisotopic (exact) mass is 610 g/mol. The molecule has 1 aliphatic heterocycles. The topological polar surface area (TPSA) is 237 Å². The van der Waals surface area contributed by atoms with Gasteiger partial charge in [-0.1, -0.05) is 6.07 Å². The number of carbonyl (C=O) groups is 1. The van der Waals surface area contributed by atoms with Crippen LogP contribution in [0.3, 0.4) is 0 Å². The molecule has 230 valence electrons. The molecule has 0 amide bonds. The molecule has 8 N–H and O–H groups in total. The van der Waals surface area contributed by atoms with Crippen LogP contribution in [0.4, 0.5) is 0 Å². The normalized spacial score (nSPS) is 21.8. The second kappa shape index (κ2) is 12.1. The van der Waals surface area contributed by atoms with Crippen LogP contribution in [0.2, 0.25) is 0 Å². The summed E-state index contributed by atoms with van der Waals surface area (Å²) in [6.07, 6.45) is -6.57. The Morgan fingerprint density at radius 3 is 2.25 bits per heavy atom. The Morgan fingerprint density at radius 1 is 0.818 bits per heavy atom. The largest absolute Gasteiger partial charge is 0.508 e. The molecule has 4 aromatic rings. The lowest BCUT2D eigenvalue weighted by molar-refractivity contribution is -0.278. The van der Waals surface area contributed by atoms with E-state index < -0.39 is 71.7 Å². The minimum Gasteiger partial charge on any atom is -0.508 e. The number of phenolic OH excluding ortho intramolecular Hbond substituents is 5. The fourth-order valence-corrected chi connectivity index (χ4v) is 4.47. The van der Waals surface area contributed by atoms with Gasteiger partial charge in [0.25, 0.3) is 0 Å². The van der Waals surface area contributed by atoms with Crippen molar-refractivity contribution in [2.24, 2.45) is 0 Å². The van der Waals surface area contributed by atoms with Crippen LogP contribution in [0.1, 0.15) is 5.56 Å². The molecule has 14 nitrogen and oxygen atoms in total. The summed E-state index contributed by atoms with van der Waals surface area (Å²) in [4.78, 5) is 25.8. The van der Waals surface area contributed by atoms with Crippen LogP contribution in [0.25, 0.3) is 28.4 Å². The van der Waals surface area contributed by atoms with Crippen molar-refractivity contribution in [1.29, 1.82) is 0 Å². The molecule has 0 spiro atoms. The van der Waals surface area contributed by atoms with Crippen LogP contribution in [0.15, 0.2) is 69.9 Å². The molecule has 0 unspecified atom stereocenters. The lowest BCUT2D eigenvalue weighted by Gasteiger charge is -2.39. The number of aromatic hydroxyl groups is 5. The highest BCUT2D eigenvalue weighted by Crippen LogP contribution is 2.37. The van der Waals surface area contributed by atoms with E-state index in [1.54, 1.807) is 0 Å². The summed E-state index contributed by atoms with van der Waals surface area (Å²) in [5.74, 6) is -3.65. The van der Waals surface area contributed by atoms with Gasteiger partial charge in [0.2, 0.25) is 17.5 Å². The minimum absolute atomic E-state index is 0.105. The molecule has 0 aliphatic carbocycles. The molecule has 2 heterocycles. The van der Waals surface area contributed by atoms with Crippen molar-refractivity contribution in [2.75, 3.05) is 6.61 Å². The lowest BCUT2D eigenvalue weighted by atomic mass is 9.99. The van der Waals surface area contributed by atoms with Crippen molar-refractivity contribution in [2.45, 2.75) is 30.7 Å². The van der Waals surface area contributed by atoms with Crippen molar-refractivity contribution in [3.8, 4) is 45.8 Å². The summed E-state index contributed by atoms with van der Waals surface area (Å²) < 4.78 is 22.2. The van der Waals surface area contributed by atoms with Gasteiger partial charge in [-0.2, -0.15) is 0 Å². The number of aliphatic hydroxyl groups is 3. The summed E-state index contributed by atoms with van der Waals surface area (Å²) in [7, 11) is 0. The average Bonchev–Trinajstić information content (AvgIpc) is 2.98. The first-order valence-corrected chi connectivity index (χ1v) is 13.0. The predicted molar refractivity (Wildman–Crippen MR) is 150 cm³/mol. The summed E-state index contributed by atoms with van der Waals surface area (Å²) in [5, 5.41) is 80.2. The Hall–Kier alpha value is -5.28. The maximum atomic E-state index is 13.5. The van der Waals surface area contributed by atoms with Gasteiger partial charge in [0.05, 0.1) is 0 Å². The standard InChI is InChI=1S/C30H26O14/c31-15-5-3-14(4-6-15)28-29(25(38)23-19(35)10-16(32)11-20(23)42-28)44-30-27(40)26(39)24(37)21(43-30)12-41-22(36)8-2-13-1-7-17(33)18(34)9-13/h1-11,21,24,26-27,30-35,37,39-40H,12H2/t21-,24-,26+,27-,30-/m1/s1. The highest BCUT2D eigenvalue weighted by molar-refractivity contribution is 5.88. The quantitative estimate of drug-likeness (QED) is 0.0840. The molecular formula is C30H26O14. The van der Waals surface area contributed by atoms with E-state index in [0.717, 1.165) is 18.2 Å². The zero-order valence-electron chi connectivity index (χ0n) is 22.5. The van der Waals surface area contributed by atoms with Crippen LogP contribution in [-0.4, -0.2) is 84.1 Å². The number of fused-ring (bicyclic) bond motifs is 1. The van der Waals surface area contributed by atoms with Crippen molar-refractivity contribution in [3.05, 3.63) is 76.5 Å². The predicted octanol–water partition coefficient (Wildman–Crippen LogP) is 1.43. The minimum atomic E-state index is -1.92. The summed E-state index contributed by atoms with van der Waals surface area (Å²) >= 11 is 0. The third-order valence-corrected chi connectivity index (χ3v) is 6.75. The lowest BCUT2D eigenvalue weighted by Crippen LogP contribution is -2.60. The van der Waals surface area contributed by atoms with Gasteiger partial charge in [-0.15, -0.1) is 0 Å². The number of carbonyl (C=O) groups excluding carboxylic acids is 1. The van der Waals surface area contributed by atoms with Gasteiger partial charge in [-0.25, -0.2) is 4.79 Å². The van der Waals surface area contributed by atoms with Crippen LogP contribution >= 0.6 is 0 Å². The molecule has 0 radical (unpaired) electrons. The highest BCUT2D eigenvalue weighted by Gasteiger charge is 2.46. The van der Waals surface area contributed by atoms with E-state index in [-0.39, 0.29) is 33.8 Å². The van der Waals surface area contributed by atoms with Gasteiger partial charge < -0.3 is 59.5 Å². The Kier molecular flexibility index (Phi) is 8.33. The van der Waals surface area contributed by atoms with Gasteiger partial charge in [0, 0.05) is 23.8 Å². The van der Waals surface area contributed by atoms with Crippen LogP contribution in [0.5, 0.6) is 34.5 Å². The third kappa shape index (κ3) is 6.09. The molecule has 1 aromatic heterocycles. The zero-order chi connectivity index (χ0) is 31.7. The van der Waals surface area contributed by atoms with Crippen LogP contribution < -0.4 is 10.2 Å². The van der Waals surface area contributed by atoms with E-state index >= 15 is 0 Å². The fraction of sp³-hybridized carbons (Fsp3) is 0.200. The van der Waals surface area contributed by atoms with Gasteiger partial charge in [-0.05, 0) is 48.0 Å². The highest BCUT2D eigenvalue weighted by atomic mass is 16.7. The van der Waals surface area contributed by atoms with E-state index in [1.165, 1.54) is 48.5 Å². The molecule has 1 fully saturated rings. The maximum Gasteiger partial charge on any atom is 0.330 e. The number of ether oxygens (including phenoxy) is 3. The molecule has 5 atom stereocenters. The van der Waals surface area contributed by atoms with E-state index in [1.807, 2.05) is 0 Å². The molecule has 5 rings (SSSR count). The fourth-order valence-electron chi connectivity index (χ4n) is 4.47. The summed E-state index contributed by atoms with van der Waals surface area (Å²) in [5.41, 5.74) is -0.608. The molecule has 0 saturated carbocycles. The first-order chi connectivity index (χ1) is 20.9. The molecule has 1 saturated heterocycles. The van der Waals surface area contributed by atoms with Crippen molar-refractivity contribution in [1.82, 2.24) is 0 Å². The maximum absolute atomic E-state index is 13.5. The number of esters is 1. The van der Waals surface area contributed by atoms with Crippen LogP contribution in [-0.2, 0) is 14.3 Å². The number of phenols is 5.